The van der Waals surface area contributed by atoms with E-state index >= 15 is 0 Å². The maximum Gasteiger partial charge on any atom is 0.0297 e. The summed E-state index contributed by atoms with van der Waals surface area (Å²) in [5.74, 6) is 0. The molecule has 0 radical (unpaired) electrons. The van der Waals surface area contributed by atoms with Gasteiger partial charge in [0.2, 0.25) is 0 Å². The molecule has 0 amide bonds. The first-order chi connectivity index (χ1) is 5.12. The average Bonchev–Trinajstić information content (AvgIpc) is 2.61. The fourth-order valence-corrected chi connectivity index (χ4v) is 1.92. The summed E-state index contributed by atoms with van der Waals surface area (Å²) in [4.78, 5) is 2.51. The summed E-state index contributed by atoms with van der Waals surface area (Å²) < 4.78 is 0. The minimum absolute atomic E-state index is 0.458. The molecule has 0 spiro atoms. The Balaban J connectivity index is 1.86. The SMILES string of the molecule is CC(N1CC(N)C1)C1(C)CC1. The Morgan fingerprint density at radius 3 is 2.36 bits per heavy atom. The maximum absolute atomic E-state index is 5.73. The van der Waals surface area contributed by atoms with E-state index in [-0.39, 0.29) is 0 Å². The van der Waals surface area contributed by atoms with Gasteiger partial charge in [-0.2, -0.15) is 0 Å². The molecule has 1 unspecified atom stereocenters. The van der Waals surface area contributed by atoms with Crippen molar-refractivity contribution in [3.05, 3.63) is 0 Å². The summed E-state index contributed by atoms with van der Waals surface area (Å²) in [5.41, 5.74) is 6.37. The lowest BCUT2D eigenvalue weighted by Crippen LogP contribution is -2.60. The van der Waals surface area contributed by atoms with Crippen LogP contribution in [0.1, 0.15) is 26.7 Å². The van der Waals surface area contributed by atoms with E-state index < -0.39 is 0 Å². The zero-order chi connectivity index (χ0) is 8.06. The largest absolute Gasteiger partial charge is 0.325 e. The van der Waals surface area contributed by atoms with E-state index in [0.29, 0.717) is 11.5 Å². The Kier molecular flexibility index (Phi) is 1.52. The lowest BCUT2D eigenvalue weighted by molar-refractivity contribution is 0.0658. The van der Waals surface area contributed by atoms with E-state index in [0.717, 1.165) is 19.1 Å². The van der Waals surface area contributed by atoms with E-state index in [1.807, 2.05) is 0 Å². The number of likely N-dealkylation sites (tertiary alicyclic amines) is 1. The van der Waals surface area contributed by atoms with Gasteiger partial charge in [-0.25, -0.2) is 0 Å². The molecule has 0 aromatic carbocycles. The lowest BCUT2D eigenvalue weighted by atomic mass is 9.95. The molecule has 2 rings (SSSR count). The summed E-state index contributed by atoms with van der Waals surface area (Å²) >= 11 is 0. The van der Waals surface area contributed by atoms with E-state index in [2.05, 4.69) is 18.7 Å². The first-order valence-corrected chi connectivity index (χ1v) is 4.61. The quantitative estimate of drug-likeness (QED) is 0.638. The van der Waals surface area contributed by atoms with Gasteiger partial charge >= 0.3 is 0 Å². The van der Waals surface area contributed by atoms with Crippen molar-refractivity contribution in [3.8, 4) is 0 Å². The molecule has 2 nitrogen and oxygen atoms in total. The van der Waals surface area contributed by atoms with Crippen LogP contribution in [0.4, 0.5) is 0 Å². The third-order valence-corrected chi connectivity index (χ3v) is 3.53. The molecule has 1 heterocycles. The second-order valence-corrected chi connectivity index (χ2v) is 4.54. The number of nitrogens with two attached hydrogens (primary N) is 1. The van der Waals surface area contributed by atoms with Gasteiger partial charge < -0.3 is 5.73 Å². The predicted molar refractivity (Wildman–Crippen MR) is 46.4 cm³/mol. The predicted octanol–water partition coefficient (Wildman–Crippen LogP) is 0.818. The molecule has 1 aliphatic carbocycles. The molecule has 64 valence electrons. The number of hydrogen-bond acceptors (Lipinski definition) is 2. The molecule has 0 aromatic heterocycles. The van der Waals surface area contributed by atoms with Crippen molar-refractivity contribution in [1.29, 1.82) is 0 Å². The summed E-state index contributed by atoms with van der Waals surface area (Å²) in [6, 6.07) is 1.22. The third-order valence-electron chi connectivity index (χ3n) is 3.53. The molecule has 2 heteroatoms. The molecule has 1 saturated carbocycles. The van der Waals surface area contributed by atoms with Gasteiger partial charge in [-0.1, -0.05) is 6.92 Å². The molecule has 0 aromatic rings. The van der Waals surface area contributed by atoms with E-state index in [4.69, 9.17) is 5.73 Å². The molecular formula is C9H18N2. The molecule has 1 aliphatic heterocycles. The van der Waals surface area contributed by atoms with Gasteiger partial charge in [0.15, 0.2) is 0 Å². The standard InChI is InChI=1S/C9H18N2/c1-7(9(2)3-4-9)11-5-8(10)6-11/h7-8H,3-6,10H2,1-2H3. The van der Waals surface area contributed by atoms with Gasteiger partial charge in [0.05, 0.1) is 0 Å². The molecule has 2 N–H and O–H groups in total. The smallest absolute Gasteiger partial charge is 0.0297 e. The Bertz CT molecular complexity index is 157. The Hall–Kier alpha value is -0.0800. The van der Waals surface area contributed by atoms with Crippen LogP contribution >= 0.6 is 0 Å². The third kappa shape index (κ3) is 1.18. The molecule has 2 aliphatic rings. The monoisotopic (exact) mass is 154 g/mol. The topological polar surface area (TPSA) is 29.3 Å². The van der Waals surface area contributed by atoms with Crippen LogP contribution in [-0.4, -0.2) is 30.1 Å². The highest BCUT2D eigenvalue weighted by molar-refractivity contribution is 5.01. The van der Waals surface area contributed by atoms with Crippen LogP contribution in [0.5, 0.6) is 0 Å². The van der Waals surface area contributed by atoms with Gasteiger partial charge in [-0.05, 0) is 25.2 Å². The molecule has 1 atom stereocenters. The van der Waals surface area contributed by atoms with Crippen molar-refractivity contribution in [2.75, 3.05) is 13.1 Å². The minimum atomic E-state index is 0.458. The Morgan fingerprint density at radius 2 is 2.00 bits per heavy atom. The Labute approximate surface area is 68.7 Å². The van der Waals surface area contributed by atoms with Crippen LogP contribution in [0.15, 0.2) is 0 Å². The zero-order valence-electron chi connectivity index (χ0n) is 7.51. The normalized spacial score (nSPS) is 33.0. The highest BCUT2D eigenvalue weighted by Gasteiger charge is 2.46. The molecule has 11 heavy (non-hydrogen) atoms. The number of nitrogens with zero attached hydrogens (tertiary/aromatic N) is 1. The maximum atomic E-state index is 5.73. The summed E-state index contributed by atoms with van der Waals surface area (Å²) in [6.07, 6.45) is 2.83. The van der Waals surface area contributed by atoms with Crippen LogP contribution < -0.4 is 5.73 Å². The van der Waals surface area contributed by atoms with Crippen molar-refractivity contribution in [1.82, 2.24) is 4.90 Å². The minimum Gasteiger partial charge on any atom is -0.325 e. The van der Waals surface area contributed by atoms with Crippen molar-refractivity contribution in [2.24, 2.45) is 11.1 Å². The van der Waals surface area contributed by atoms with Crippen LogP contribution in [-0.2, 0) is 0 Å². The van der Waals surface area contributed by atoms with Crippen LogP contribution in [0, 0.1) is 5.41 Å². The van der Waals surface area contributed by atoms with Crippen LogP contribution in [0.25, 0.3) is 0 Å². The van der Waals surface area contributed by atoms with Crippen molar-refractivity contribution in [3.63, 3.8) is 0 Å². The summed E-state index contributed by atoms with van der Waals surface area (Å²) in [5, 5.41) is 0. The van der Waals surface area contributed by atoms with E-state index in [1.165, 1.54) is 12.8 Å². The molecule has 2 fully saturated rings. The second-order valence-electron chi connectivity index (χ2n) is 4.54. The molecular weight excluding hydrogens is 136 g/mol. The zero-order valence-corrected chi connectivity index (χ0v) is 7.51. The fourth-order valence-electron chi connectivity index (χ4n) is 1.92. The van der Waals surface area contributed by atoms with Crippen LogP contribution in [0.3, 0.4) is 0 Å². The summed E-state index contributed by atoms with van der Waals surface area (Å²) in [6.45, 7) is 6.98. The van der Waals surface area contributed by atoms with Gasteiger partial charge in [0.25, 0.3) is 0 Å². The molecule has 0 bridgehead atoms. The van der Waals surface area contributed by atoms with Gasteiger partial charge in [-0.15, -0.1) is 0 Å². The lowest BCUT2D eigenvalue weighted by Gasteiger charge is -2.43. The number of hydrogen-bond donors (Lipinski definition) is 1. The first kappa shape index (κ1) is 7.56. The highest BCUT2D eigenvalue weighted by Crippen LogP contribution is 2.50. The second kappa shape index (κ2) is 2.20. The number of rotatable bonds is 2. The average molecular weight is 154 g/mol. The Morgan fingerprint density at radius 1 is 1.45 bits per heavy atom. The van der Waals surface area contributed by atoms with Gasteiger partial charge in [-0.3, -0.25) is 4.90 Å². The van der Waals surface area contributed by atoms with E-state index in [9.17, 15) is 0 Å². The highest BCUT2D eigenvalue weighted by atomic mass is 15.3. The fraction of sp³-hybridized carbons (Fsp3) is 1.00. The van der Waals surface area contributed by atoms with E-state index in [1.54, 1.807) is 0 Å². The van der Waals surface area contributed by atoms with Crippen molar-refractivity contribution in [2.45, 2.75) is 38.8 Å². The van der Waals surface area contributed by atoms with Crippen molar-refractivity contribution >= 4 is 0 Å². The van der Waals surface area contributed by atoms with Crippen LogP contribution in [0.2, 0.25) is 0 Å². The van der Waals surface area contributed by atoms with Gasteiger partial charge in [0, 0.05) is 25.2 Å². The van der Waals surface area contributed by atoms with Crippen molar-refractivity contribution < 1.29 is 0 Å². The summed E-state index contributed by atoms with van der Waals surface area (Å²) in [7, 11) is 0. The van der Waals surface area contributed by atoms with Gasteiger partial charge in [0.1, 0.15) is 0 Å². The first-order valence-electron chi connectivity index (χ1n) is 4.61. The molecule has 1 saturated heterocycles.